The number of aromatic amines is 1. The predicted octanol–water partition coefficient (Wildman–Crippen LogP) is 4.76. The zero-order valence-corrected chi connectivity index (χ0v) is 22.6. The van der Waals surface area contributed by atoms with Crippen molar-refractivity contribution in [2.75, 3.05) is 11.4 Å². The number of nitrogens with zero attached hydrogens (tertiary/aromatic N) is 3. The van der Waals surface area contributed by atoms with Gasteiger partial charge in [0, 0.05) is 58.0 Å². The van der Waals surface area contributed by atoms with Crippen molar-refractivity contribution >= 4 is 34.5 Å². The number of amides is 2. The molecule has 0 radical (unpaired) electrons. The number of carbonyl (C=O) groups is 2. The van der Waals surface area contributed by atoms with Crippen molar-refractivity contribution in [2.45, 2.75) is 57.3 Å². The number of carbonyl (C=O) groups excluding carboxylic acids is 2. The SMILES string of the molecule is CC(C)=CCN1c2ccccc2[C@]2(O)C[C@@H]3C(=O)N4/C=C\C(C)(C)c5[nH]c6ccccc6c5C=C4C(=O)N3[C@H]12. The maximum Gasteiger partial charge on any atom is 0.273 e. The summed E-state index contributed by atoms with van der Waals surface area (Å²) in [5, 5.41) is 13.2. The smallest absolute Gasteiger partial charge is 0.273 e. The van der Waals surface area contributed by atoms with Crippen molar-refractivity contribution in [1.29, 1.82) is 0 Å². The second-order valence-electron chi connectivity index (χ2n) is 11.9. The molecule has 2 saturated heterocycles. The van der Waals surface area contributed by atoms with Gasteiger partial charge < -0.3 is 19.9 Å². The van der Waals surface area contributed by atoms with E-state index in [0.29, 0.717) is 12.2 Å². The number of nitrogens with one attached hydrogen (secondary N) is 1. The average Bonchev–Trinajstić information content (AvgIpc) is 3.50. The molecule has 2 N–H and O–H groups in total. The number of para-hydroxylation sites is 2. The van der Waals surface area contributed by atoms with Crippen molar-refractivity contribution in [3.05, 3.63) is 95.0 Å². The minimum atomic E-state index is -1.35. The van der Waals surface area contributed by atoms with E-state index in [1.54, 1.807) is 11.1 Å². The van der Waals surface area contributed by atoms with Crippen LogP contribution >= 0.6 is 0 Å². The Hall–Kier alpha value is -4.10. The molecule has 7 nitrogen and oxygen atoms in total. The van der Waals surface area contributed by atoms with Crippen LogP contribution in [0.2, 0.25) is 0 Å². The highest BCUT2D eigenvalue weighted by atomic mass is 16.3. The van der Waals surface area contributed by atoms with E-state index in [4.69, 9.17) is 0 Å². The van der Waals surface area contributed by atoms with Crippen molar-refractivity contribution in [2.24, 2.45) is 0 Å². The summed E-state index contributed by atoms with van der Waals surface area (Å²) in [4.78, 5) is 37.4. The van der Waals surface area contributed by atoms with Crippen molar-refractivity contribution in [1.82, 2.24) is 14.8 Å². The fraction of sp³-hybridized carbons (Fsp3) is 0.312. The molecule has 2 aromatic carbocycles. The van der Waals surface area contributed by atoms with Crippen LogP contribution in [0, 0.1) is 0 Å². The molecular weight excluding hydrogens is 488 g/mol. The highest BCUT2D eigenvalue weighted by Gasteiger charge is 2.65. The van der Waals surface area contributed by atoms with E-state index in [2.05, 4.69) is 29.8 Å². The minimum absolute atomic E-state index is 0.157. The van der Waals surface area contributed by atoms with Crippen LogP contribution in [0.4, 0.5) is 5.69 Å². The highest BCUT2D eigenvalue weighted by Crippen LogP contribution is 2.54. The van der Waals surface area contributed by atoms with Gasteiger partial charge >= 0.3 is 0 Å². The molecule has 0 bridgehead atoms. The lowest BCUT2D eigenvalue weighted by molar-refractivity contribution is -0.148. The monoisotopic (exact) mass is 520 g/mol. The zero-order chi connectivity index (χ0) is 27.3. The van der Waals surface area contributed by atoms with Gasteiger partial charge in [0.1, 0.15) is 23.5 Å². The minimum Gasteiger partial charge on any atom is -0.381 e. The first-order chi connectivity index (χ1) is 18.6. The number of piperazine rings is 1. The van der Waals surface area contributed by atoms with E-state index in [1.165, 1.54) is 4.90 Å². The lowest BCUT2D eigenvalue weighted by Gasteiger charge is -2.42. The van der Waals surface area contributed by atoms with Crippen molar-refractivity contribution in [3.8, 4) is 0 Å². The molecule has 2 fully saturated rings. The van der Waals surface area contributed by atoms with Gasteiger partial charge in [-0.2, -0.15) is 0 Å². The molecule has 3 atom stereocenters. The molecule has 3 aromatic rings. The van der Waals surface area contributed by atoms with Gasteiger partial charge in [-0.1, -0.05) is 68.0 Å². The summed E-state index contributed by atoms with van der Waals surface area (Å²) >= 11 is 0. The van der Waals surface area contributed by atoms with E-state index in [0.717, 1.165) is 39.0 Å². The molecular formula is C32H32N4O3. The highest BCUT2D eigenvalue weighted by molar-refractivity contribution is 6.10. The average molecular weight is 521 g/mol. The molecule has 5 heterocycles. The first-order valence-corrected chi connectivity index (χ1v) is 13.5. The lowest BCUT2D eigenvalue weighted by Crippen LogP contribution is -2.60. The number of rotatable bonds is 2. The fourth-order valence-electron chi connectivity index (χ4n) is 6.82. The molecule has 0 unspecified atom stereocenters. The fourth-order valence-corrected chi connectivity index (χ4v) is 6.82. The topological polar surface area (TPSA) is 79.9 Å². The van der Waals surface area contributed by atoms with Crippen LogP contribution in [0.25, 0.3) is 17.0 Å². The molecule has 0 aliphatic carbocycles. The van der Waals surface area contributed by atoms with Gasteiger partial charge in [0.25, 0.3) is 11.8 Å². The van der Waals surface area contributed by atoms with Gasteiger partial charge in [-0.05, 0) is 32.1 Å². The summed E-state index contributed by atoms with van der Waals surface area (Å²) in [6, 6.07) is 15.0. The number of aromatic nitrogens is 1. The number of anilines is 1. The molecule has 0 saturated carbocycles. The predicted molar refractivity (Wildman–Crippen MR) is 151 cm³/mol. The number of benzene rings is 2. The van der Waals surface area contributed by atoms with Gasteiger partial charge in [0.2, 0.25) is 0 Å². The summed E-state index contributed by atoms with van der Waals surface area (Å²) in [6.45, 7) is 8.79. The lowest BCUT2D eigenvalue weighted by atomic mass is 9.85. The second kappa shape index (κ2) is 7.96. The number of allylic oxidation sites excluding steroid dienone is 2. The van der Waals surface area contributed by atoms with Crippen LogP contribution in [0.3, 0.4) is 0 Å². The van der Waals surface area contributed by atoms with Gasteiger partial charge in [-0.15, -0.1) is 0 Å². The van der Waals surface area contributed by atoms with Crippen LogP contribution in [0.1, 0.15) is 50.9 Å². The van der Waals surface area contributed by atoms with Gasteiger partial charge in [-0.3, -0.25) is 14.5 Å². The summed E-state index contributed by atoms with van der Waals surface area (Å²) in [7, 11) is 0. The van der Waals surface area contributed by atoms with Crippen LogP contribution < -0.4 is 4.90 Å². The van der Waals surface area contributed by atoms with Crippen LogP contribution in [-0.4, -0.2) is 50.5 Å². The van der Waals surface area contributed by atoms with Gasteiger partial charge in [0.15, 0.2) is 0 Å². The number of hydrogen-bond donors (Lipinski definition) is 2. The Morgan fingerprint density at radius 1 is 1.10 bits per heavy atom. The molecule has 1 aromatic heterocycles. The first kappa shape index (κ1) is 24.0. The molecule has 4 aliphatic rings. The molecule has 0 spiro atoms. The summed E-state index contributed by atoms with van der Waals surface area (Å²) < 4.78 is 0. The first-order valence-electron chi connectivity index (χ1n) is 13.5. The number of H-pyrrole nitrogens is 1. The number of aliphatic hydroxyl groups is 1. The van der Waals surface area contributed by atoms with Gasteiger partial charge in [0.05, 0.1) is 0 Å². The van der Waals surface area contributed by atoms with Crippen LogP contribution in [0.5, 0.6) is 0 Å². The number of hydrogen-bond acceptors (Lipinski definition) is 4. The third-order valence-electron chi connectivity index (χ3n) is 8.75. The van der Waals surface area contributed by atoms with E-state index in [-0.39, 0.29) is 18.2 Å². The van der Waals surface area contributed by atoms with Crippen LogP contribution in [-0.2, 0) is 20.6 Å². The van der Waals surface area contributed by atoms with Crippen LogP contribution in [0.15, 0.2) is 78.2 Å². The summed E-state index contributed by atoms with van der Waals surface area (Å²) in [5.41, 5.74) is 4.25. The molecule has 198 valence electrons. The molecule has 39 heavy (non-hydrogen) atoms. The molecule has 7 heteroatoms. The summed E-state index contributed by atoms with van der Waals surface area (Å²) in [6.07, 6.45) is 7.15. The Bertz CT molecular complexity index is 1660. The van der Waals surface area contributed by atoms with E-state index in [1.807, 2.05) is 74.5 Å². The maximum absolute atomic E-state index is 14.5. The number of fused-ring (bicyclic) bond motifs is 9. The second-order valence-corrected chi connectivity index (χ2v) is 11.9. The Labute approximate surface area is 227 Å². The third kappa shape index (κ3) is 3.20. The van der Waals surface area contributed by atoms with E-state index >= 15 is 0 Å². The largest absolute Gasteiger partial charge is 0.381 e. The molecule has 4 aliphatic heterocycles. The maximum atomic E-state index is 14.5. The Morgan fingerprint density at radius 2 is 1.85 bits per heavy atom. The Morgan fingerprint density at radius 3 is 2.64 bits per heavy atom. The van der Waals surface area contributed by atoms with Crippen molar-refractivity contribution < 1.29 is 14.7 Å². The van der Waals surface area contributed by atoms with E-state index in [9.17, 15) is 14.7 Å². The van der Waals surface area contributed by atoms with E-state index < -0.39 is 23.2 Å². The molecule has 2 amide bonds. The normalized spacial score (nSPS) is 27.2. The van der Waals surface area contributed by atoms with Crippen molar-refractivity contribution in [3.63, 3.8) is 0 Å². The van der Waals surface area contributed by atoms with Gasteiger partial charge in [-0.25, -0.2) is 0 Å². The zero-order valence-electron chi connectivity index (χ0n) is 22.6. The summed E-state index contributed by atoms with van der Waals surface area (Å²) in [5.74, 6) is -0.449. The third-order valence-corrected chi connectivity index (χ3v) is 8.75. The Kier molecular flexibility index (Phi) is 4.89. The quantitative estimate of drug-likeness (QED) is 0.478. The molecule has 7 rings (SSSR count). The standard InChI is InChI=1S/C32H32N4O3/c1-19(2)13-15-35-24-12-8-6-10-22(24)32(39)18-26-28(37)34-16-14-31(3,4)27-21(20-9-5-7-11-23(20)33-27)17-25(34)29(38)36(26)30(32)35/h5-14,16-17,26,30,33,39H,15,18H2,1-4H3/b16-14-,25-17?/t26-,30+,32-/m1/s1. The Balaban J connectivity index is 1.41.